The SMILES string of the molecule is CCCCCCCCCCC/C=C/CC/C=C/CC/C=C/C(O)C(COC1OC(CO)C(OC2OC(CO)C(OC3OC(CO)C(O)C(O)C3O)C(O)C2O)C(O)C1O)NC(=O)CCCC. The quantitative estimate of drug-likeness (QED) is 0.0325. The Balaban J connectivity index is 1.49. The molecule has 3 aliphatic heterocycles. The summed E-state index contributed by atoms with van der Waals surface area (Å²) < 4.78 is 33.8. The lowest BCUT2D eigenvalue weighted by Crippen LogP contribution is -2.66. The second-order valence-corrected chi connectivity index (χ2v) is 17.6. The van der Waals surface area contributed by atoms with E-state index in [1.54, 1.807) is 12.2 Å². The number of allylic oxidation sites excluding steroid dienone is 5. The van der Waals surface area contributed by atoms with Gasteiger partial charge in [0.05, 0.1) is 38.6 Å². The van der Waals surface area contributed by atoms with Crippen molar-refractivity contribution >= 4 is 5.91 Å². The van der Waals surface area contributed by atoms with E-state index in [1.165, 1.54) is 57.8 Å². The van der Waals surface area contributed by atoms with E-state index in [1.807, 2.05) is 6.92 Å². The fourth-order valence-electron chi connectivity index (χ4n) is 8.02. The predicted octanol–water partition coefficient (Wildman–Crippen LogP) is 0.637. The van der Waals surface area contributed by atoms with E-state index < -0.39 is 124 Å². The number of carbonyl (C=O) groups excluding carboxylic acids is 1. The zero-order chi connectivity index (χ0) is 48.4. The standard InChI is InChI=1S/C47H83NO18/c1-3-5-7-8-9-10-11-12-13-14-15-16-17-18-19-20-21-22-23-24-31(52)30(48-35(53)25-6-4-2)29-61-45-41(59)38(56)43(33(27-50)63-45)66-47-42(60)39(57)44(34(28-51)64-47)65-46-40(58)37(55)36(54)32(26-49)62-46/h15-16,19-20,23-24,30-34,36-47,49-52,54-60H,3-14,17-18,21-22,25-29H2,1-2H3,(H,48,53)/b16-15+,20-19+,24-23+. The van der Waals surface area contributed by atoms with Gasteiger partial charge in [-0.2, -0.15) is 0 Å². The maximum absolute atomic E-state index is 12.7. The van der Waals surface area contributed by atoms with Gasteiger partial charge < -0.3 is 89.9 Å². The third-order valence-electron chi connectivity index (χ3n) is 12.2. The Morgan fingerprint density at radius 2 is 0.970 bits per heavy atom. The van der Waals surface area contributed by atoms with Gasteiger partial charge in [0.15, 0.2) is 18.9 Å². The van der Waals surface area contributed by atoms with Gasteiger partial charge in [-0.05, 0) is 44.9 Å². The summed E-state index contributed by atoms with van der Waals surface area (Å²) in [5.74, 6) is -0.329. The van der Waals surface area contributed by atoms with E-state index in [4.69, 9.17) is 28.4 Å². The van der Waals surface area contributed by atoms with E-state index in [9.17, 15) is 61.0 Å². The van der Waals surface area contributed by atoms with Gasteiger partial charge in [-0.25, -0.2) is 0 Å². The summed E-state index contributed by atoms with van der Waals surface area (Å²) in [5, 5.41) is 119. The van der Waals surface area contributed by atoms with E-state index in [-0.39, 0.29) is 18.9 Å². The number of aliphatic hydroxyl groups is 11. The lowest BCUT2D eigenvalue weighted by molar-refractivity contribution is -0.379. The monoisotopic (exact) mass is 950 g/mol. The molecule has 0 aromatic heterocycles. The zero-order valence-corrected chi connectivity index (χ0v) is 38.9. The molecule has 3 heterocycles. The summed E-state index contributed by atoms with van der Waals surface area (Å²) in [4.78, 5) is 12.7. The molecule has 0 aromatic rings. The van der Waals surface area contributed by atoms with Gasteiger partial charge in [0.1, 0.15) is 73.2 Å². The van der Waals surface area contributed by atoms with Crippen molar-refractivity contribution in [3.63, 3.8) is 0 Å². The van der Waals surface area contributed by atoms with Crippen LogP contribution in [-0.4, -0.2) is 193 Å². The van der Waals surface area contributed by atoms with Gasteiger partial charge in [0.2, 0.25) is 5.91 Å². The van der Waals surface area contributed by atoms with Crippen LogP contribution < -0.4 is 5.32 Å². The number of nitrogens with one attached hydrogen (secondary N) is 1. The third-order valence-corrected chi connectivity index (χ3v) is 12.2. The second-order valence-electron chi connectivity index (χ2n) is 17.6. The van der Waals surface area contributed by atoms with Gasteiger partial charge in [0, 0.05) is 6.42 Å². The summed E-state index contributed by atoms with van der Waals surface area (Å²) in [6, 6.07) is -0.987. The number of amides is 1. The number of hydrogen-bond donors (Lipinski definition) is 12. The molecule has 384 valence electrons. The lowest BCUT2D eigenvalue weighted by atomic mass is 9.96. The minimum atomic E-state index is -1.98. The van der Waals surface area contributed by atoms with Crippen molar-refractivity contribution in [1.29, 1.82) is 0 Å². The maximum Gasteiger partial charge on any atom is 0.220 e. The largest absolute Gasteiger partial charge is 0.394 e. The normalized spacial score (nSPS) is 34.1. The fourth-order valence-corrected chi connectivity index (χ4v) is 8.02. The van der Waals surface area contributed by atoms with Crippen LogP contribution in [0, 0.1) is 0 Å². The first kappa shape index (κ1) is 58.3. The molecule has 0 spiro atoms. The molecule has 19 heteroatoms. The van der Waals surface area contributed by atoms with Crippen LogP contribution in [0.25, 0.3) is 0 Å². The Morgan fingerprint density at radius 3 is 1.50 bits per heavy atom. The van der Waals surface area contributed by atoms with Crippen LogP contribution >= 0.6 is 0 Å². The van der Waals surface area contributed by atoms with Crippen LogP contribution in [-0.2, 0) is 33.2 Å². The minimum absolute atomic E-state index is 0.205. The summed E-state index contributed by atoms with van der Waals surface area (Å²) >= 11 is 0. The minimum Gasteiger partial charge on any atom is -0.394 e. The van der Waals surface area contributed by atoms with Crippen molar-refractivity contribution in [1.82, 2.24) is 5.32 Å². The van der Waals surface area contributed by atoms with Gasteiger partial charge in [-0.1, -0.05) is 108 Å². The van der Waals surface area contributed by atoms with Crippen molar-refractivity contribution in [2.75, 3.05) is 26.4 Å². The Hall–Kier alpha value is -1.99. The highest BCUT2D eigenvalue weighted by molar-refractivity contribution is 5.76. The van der Waals surface area contributed by atoms with Crippen LogP contribution in [0.3, 0.4) is 0 Å². The molecule has 17 atom stereocenters. The highest BCUT2D eigenvalue weighted by Gasteiger charge is 2.53. The predicted molar refractivity (Wildman–Crippen MR) is 240 cm³/mol. The number of ether oxygens (including phenoxy) is 6. The van der Waals surface area contributed by atoms with E-state index >= 15 is 0 Å². The van der Waals surface area contributed by atoms with Crippen LogP contribution in [0.2, 0.25) is 0 Å². The molecule has 3 aliphatic rings. The van der Waals surface area contributed by atoms with Crippen molar-refractivity contribution in [2.24, 2.45) is 0 Å². The fraction of sp³-hybridized carbons (Fsp3) is 0.851. The first-order valence-electron chi connectivity index (χ1n) is 24.2. The first-order valence-corrected chi connectivity index (χ1v) is 24.2. The Labute approximate surface area is 390 Å². The molecule has 19 nitrogen and oxygen atoms in total. The molecule has 66 heavy (non-hydrogen) atoms. The van der Waals surface area contributed by atoms with Gasteiger partial charge in [-0.15, -0.1) is 0 Å². The average molecular weight is 950 g/mol. The molecule has 17 unspecified atom stereocenters. The molecule has 3 saturated heterocycles. The highest BCUT2D eigenvalue weighted by Crippen LogP contribution is 2.33. The van der Waals surface area contributed by atoms with Crippen LogP contribution in [0.4, 0.5) is 0 Å². The lowest BCUT2D eigenvalue weighted by Gasteiger charge is -2.48. The van der Waals surface area contributed by atoms with Crippen molar-refractivity contribution in [3.05, 3.63) is 36.5 Å². The molecule has 0 radical (unpaired) electrons. The van der Waals surface area contributed by atoms with Crippen molar-refractivity contribution in [2.45, 2.75) is 227 Å². The first-order chi connectivity index (χ1) is 31.8. The van der Waals surface area contributed by atoms with Crippen LogP contribution in [0.1, 0.15) is 123 Å². The molecular weight excluding hydrogens is 867 g/mol. The third kappa shape index (κ3) is 19.1. The van der Waals surface area contributed by atoms with Crippen molar-refractivity contribution < 1.29 is 89.4 Å². The number of carbonyl (C=O) groups is 1. The molecule has 0 bridgehead atoms. The smallest absolute Gasteiger partial charge is 0.220 e. The molecule has 3 fully saturated rings. The molecule has 0 aromatic carbocycles. The zero-order valence-electron chi connectivity index (χ0n) is 38.9. The van der Waals surface area contributed by atoms with Crippen LogP contribution in [0.15, 0.2) is 36.5 Å². The van der Waals surface area contributed by atoms with E-state index in [0.29, 0.717) is 12.8 Å². The Morgan fingerprint density at radius 1 is 0.530 bits per heavy atom. The summed E-state index contributed by atoms with van der Waals surface area (Å²) in [5.41, 5.74) is 0. The van der Waals surface area contributed by atoms with Gasteiger partial charge in [-0.3, -0.25) is 4.79 Å². The number of aliphatic hydroxyl groups excluding tert-OH is 11. The van der Waals surface area contributed by atoms with Crippen LogP contribution in [0.5, 0.6) is 0 Å². The summed E-state index contributed by atoms with van der Waals surface area (Å²) in [6.07, 6.45) is 3.13. The summed E-state index contributed by atoms with van der Waals surface area (Å²) in [7, 11) is 0. The molecular formula is C47H83NO18. The Kier molecular flexibility index (Phi) is 28.9. The molecule has 0 saturated carbocycles. The molecule has 12 N–H and O–H groups in total. The topological polar surface area (TPSA) is 307 Å². The summed E-state index contributed by atoms with van der Waals surface area (Å²) in [6.45, 7) is 1.37. The Bertz CT molecular complexity index is 1370. The molecule has 1 amide bonds. The highest BCUT2D eigenvalue weighted by atomic mass is 16.8. The molecule has 3 rings (SSSR count). The average Bonchev–Trinajstić information content (AvgIpc) is 3.31. The van der Waals surface area contributed by atoms with Crippen molar-refractivity contribution in [3.8, 4) is 0 Å². The maximum atomic E-state index is 12.7. The second kappa shape index (κ2) is 32.8. The number of rotatable bonds is 32. The number of hydrogen-bond acceptors (Lipinski definition) is 18. The molecule has 0 aliphatic carbocycles. The van der Waals surface area contributed by atoms with E-state index in [0.717, 1.165) is 32.1 Å². The van der Waals surface area contributed by atoms with Gasteiger partial charge in [0.25, 0.3) is 0 Å². The number of unbranched alkanes of at least 4 members (excludes halogenated alkanes) is 12. The van der Waals surface area contributed by atoms with E-state index in [2.05, 4.69) is 36.5 Å². The van der Waals surface area contributed by atoms with Gasteiger partial charge >= 0.3 is 0 Å².